The number of thiophene rings is 1. The summed E-state index contributed by atoms with van der Waals surface area (Å²) in [4.78, 5) is 13.9. The Hall–Kier alpha value is -1.53. The summed E-state index contributed by atoms with van der Waals surface area (Å²) in [6.07, 6.45) is 2.06. The monoisotopic (exact) mass is 306 g/mol. The zero-order valence-electron chi connectivity index (χ0n) is 12.1. The van der Waals surface area contributed by atoms with E-state index < -0.39 is 0 Å². The molecule has 0 amide bonds. The fraction of sp³-hybridized carbons (Fsp3) is 0.467. The van der Waals surface area contributed by atoms with E-state index in [-0.39, 0.29) is 5.82 Å². The molecule has 0 saturated carbocycles. The van der Waals surface area contributed by atoms with Crippen molar-refractivity contribution < 1.29 is 4.39 Å². The van der Waals surface area contributed by atoms with Gasteiger partial charge in [-0.3, -0.25) is 4.90 Å². The molecule has 1 aliphatic rings. The van der Waals surface area contributed by atoms with Crippen LogP contribution >= 0.6 is 11.3 Å². The highest BCUT2D eigenvalue weighted by Crippen LogP contribution is 2.21. The topological polar surface area (TPSA) is 32.3 Å². The van der Waals surface area contributed by atoms with Gasteiger partial charge in [-0.05, 0) is 17.9 Å². The fourth-order valence-corrected chi connectivity index (χ4v) is 3.35. The lowest BCUT2D eigenvalue weighted by Gasteiger charge is -2.35. The standard InChI is InChI=1S/C15H19FN4S/c1-2-13-14(16)15(18-11-17-13)20-7-5-19(6-8-20)10-12-4-3-9-21-12/h3-4,9,11H,2,5-8,10H2,1H3. The van der Waals surface area contributed by atoms with Crippen LogP contribution in [0.4, 0.5) is 10.2 Å². The maximum Gasteiger partial charge on any atom is 0.187 e. The molecule has 3 heterocycles. The summed E-state index contributed by atoms with van der Waals surface area (Å²) in [7, 11) is 0. The largest absolute Gasteiger partial charge is 0.352 e. The third kappa shape index (κ3) is 3.22. The number of halogens is 1. The van der Waals surface area contributed by atoms with Gasteiger partial charge in [0.1, 0.15) is 6.33 Å². The summed E-state index contributed by atoms with van der Waals surface area (Å²) in [6.45, 7) is 6.38. The Morgan fingerprint density at radius 2 is 2.05 bits per heavy atom. The summed E-state index contributed by atoms with van der Waals surface area (Å²) in [5, 5.41) is 2.11. The van der Waals surface area contributed by atoms with E-state index in [1.54, 1.807) is 11.3 Å². The quantitative estimate of drug-likeness (QED) is 0.869. The minimum atomic E-state index is -0.258. The predicted molar refractivity (Wildman–Crippen MR) is 83.2 cm³/mol. The first-order valence-corrected chi connectivity index (χ1v) is 8.15. The van der Waals surface area contributed by atoms with Gasteiger partial charge in [0.25, 0.3) is 0 Å². The SMILES string of the molecule is CCc1ncnc(N2CCN(Cc3cccs3)CC2)c1F. The molecule has 21 heavy (non-hydrogen) atoms. The number of anilines is 1. The third-order valence-corrected chi connectivity index (χ3v) is 4.67. The van der Waals surface area contributed by atoms with E-state index >= 15 is 0 Å². The zero-order chi connectivity index (χ0) is 14.7. The molecule has 3 rings (SSSR count). The normalized spacial score (nSPS) is 16.4. The van der Waals surface area contributed by atoms with Gasteiger partial charge >= 0.3 is 0 Å². The maximum atomic E-state index is 14.3. The Labute approximate surface area is 128 Å². The van der Waals surface area contributed by atoms with E-state index in [1.807, 2.05) is 11.8 Å². The molecule has 2 aromatic heterocycles. The minimum Gasteiger partial charge on any atom is -0.352 e. The number of hydrogen-bond acceptors (Lipinski definition) is 5. The molecule has 0 spiro atoms. The minimum absolute atomic E-state index is 0.258. The summed E-state index contributed by atoms with van der Waals surface area (Å²) in [5.41, 5.74) is 0.501. The zero-order valence-corrected chi connectivity index (χ0v) is 12.9. The van der Waals surface area contributed by atoms with Gasteiger partial charge in [-0.1, -0.05) is 13.0 Å². The molecule has 1 aliphatic heterocycles. The molecular weight excluding hydrogens is 287 g/mol. The molecule has 1 saturated heterocycles. The first-order valence-electron chi connectivity index (χ1n) is 7.27. The summed E-state index contributed by atoms with van der Waals surface area (Å²) in [5.74, 6) is 0.198. The van der Waals surface area contributed by atoms with Crippen molar-refractivity contribution in [3.05, 3.63) is 40.2 Å². The van der Waals surface area contributed by atoms with Crippen LogP contribution in [0.5, 0.6) is 0 Å². The third-order valence-electron chi connectivity index (χ3n) is 3.81. The average molecular weight is 306 g/mol. The van der Waals surface area contributed by atoms with E-state index in [4.69, 9.17) is 0 Å². The number of piperazine rings is 1. The molecule has 0 aliphatic carbocycles. The molecule has 2 aromatic rings. The number of aryl methyl sites for hydroxylation is 1. The van der Waals surface area contributed by atoms with Crippen molar-refractivity contribution in [1.29, 1.82) is 0 Å². The number of aromatic nitrogens is 2. The molecule has 4 nitrogen and oxygen atoms in total. The second kappa shape index (κ2) is 6.49. The van der Waals surface area contributed by atoms with Crippen LogP contribution in [0.1, 0.15) is 17.5 Å². The van der Waals surface area contributed by atoms with Gasteiger partial charge in [-0.2, -0.15) is 0 Å². The summed E-state index contributed by atoms with van der Waals surface area (Å²) >= 11 is 1.79. The highest BCUT2D eigenvalue weighted by Gasteiger charge is 2.22. The predicted octanol–water partition coefficient (Wildman–Crippen LogP) is 2.56. The fourth-order valence-electron chi connectivity index (χ4n) is 2.60. The first-order chi connectivity index (χ1) is 10.3. The van der Waals surface area contributed by atoms with Gasteiger partial charge in [-0.25, -0.2) is 14.4 Å². The van der Waals surface area contributed by atoms with Crippen LogP contribution in [0.2, 0.25) is 0 Å². The smallest absolute Gasteiger partial charge is 0.187 e. The van der Waals surface area contributed by atoms with Crippen molar-refractivity contribution >= 4 is 17.2 Å². The van der Waals surface area contributed by atoms with Crippen LogP contribution in [0.15, 0.2) is 23.8 Å². The molecular formula is C15H19FN4S. The molecule has 1 fully saturated rings. The van der Waals surface area contributed by atoms with Crippen LogP contribution < -0.4 is 4.90 Å². The van der Waals surface area contributed by atoms with Crippen molar-refractivity contribution in [3.63, 3.8) is 0 Å². The van der Waals surface area contributed by atoms with E-state index in [2.05, 4.69) is 32.4 Å². The first kappa shape index (κ1) is 14.4. The highest BCUT2D eigenvalue weighted by molar-refractivity contribution is 7.09. The summed E-state index contributed by atoms with van der Waals surface area (Å²) in [6, 6.07) is 4.24. The van der Waals surface area contributed by atoms with Crippen LogP contribution in [-0.2, 0) is 13.0 Å². The Bertz CT molecular complexity index is 579. The Morgan fingerprint density at radius 3 is 2.71 bits per heavy atom. The number of nitrogens with zero attached hydrogens (tertiary/aromatic N) is 4. The molecule has 0 atom stereocenters. The van der Waals surface area contributed by atoms with Crippen molar-refractivity contribution in [1.82, 2.24) is 14.9 Å². The van der Waals surface area contributed by atoms with Crippen molar-refractivity contribution in [3.8, 4) is 0 Å². The lowest BCUT2D eigenvalue weighted by atomic mass is 10.2. The Balaban J connectivity index is 1.63. The molecule has 112 valence electrons. The number of rotatable bonds is 4. The van der Waals surface area contributed by atoms with E-state index in [9.17, 15) is 4.39 Å². The van der Waals surface area contributed by atoms with Gasteiger partial charge < -0.3 is 4.90 Å². The highest BCUT2D eigenvalue weighted by atomic mass is 32.1. The van der Waals surface area contributed by atoms with Gasteiger partial charge in [0, 0.05) is 37.6 Å². The van der Waals surface area contributed by atoms with E-state index in [1.165, 1.54) is 11.2 Å². The average Bonchev–Trinajstić information content (AvgIpc) is 3.01. The van der Waals surface area contributed by atoms with E-state index in [0.717, 1.165) is 32.7 Å². The van der Waals surface area contributed by atoms with Gasteiger partial charge in [0.15, 0.2) is 11.6 Å². The van der Waals surface area contributed by atoms with Gasteiger partial charge in [0.05, 0.1) is 5.69 Å². The molecule has 6 heteroatoms. The Morgan fingerprint density at radius 1 is 1.24 bits per heavy atom. The van der Waals surface area contributed by atoms with Crippen LogP contribution in [0, 0.1) is 5.82 Å². The summed E-state index contributed by atoms with van der Waals surface area (Å²) < 4.78 is 14.3. The number of hydrogen-bond donors (Lipinski definition) is 0. The molecule has 0 unspecified atom stereocenters. The molecule has 0 aromatic carbocycles. The second-order valence-electron chi connectivity index (χ2n) is 5.15. The maximum absolute atomic E-state index is 14.3. The lowest BCUT2D eigenvalue weighted by molar-refractivity contribution is 0.250. The van der Waals surface area contributed by atoms with Crippen LogP contribution in [0.3, 0.4) is 0 Å². The van der Waals surface area contributed by atoms with Crippen molar-refractivity contribution in [2.24, 2.45) is 0 Å². The van der Waals surface area contributed by atoms with Gasteiger partial charge in [-0.15, -0.1) is 11.3 Å². The molecule has 0 N–H and O–H groups in total. The van der Waals surface area contributed by atoms with Crippen LogP contribution in [-0.4, -0.2) is 41.0 Å². The Kier molecular flexibility index (Phi) is 4.45. The van der Waals surface area contributed by atoms with Crippen molar-refractivity contribution in [2.45, 2.75) is 19.9 Å². The van der Waals surface area contributed by atoms with Gasteiger partial charge in [0.2, 0.25) is 0 Å². The lowest BCUT2D eigenvalue weighted by Crippen LogP contribution is -2.46. The van der Waals surface area contributed by atoms with Crippen LogP contribution in [0.25, 0.3) is 0 Å². The van der Waals surface area contributed by atoms with E-state index in [0.29, 0.717) is 17.9 Å². The van der Waals surface area contributed by atoms with Crippen molar-refractivity contribution in [2.75, 3.05) is 31.1 Å². The molecule has 0 bridgehead atoms. The second-order valence-corrected chi connectivity index (χ2v) is 6.19. The molecule has 0 radical (unpaired) electrons.